The number of para-hydroxylation sites is 1. The van der Waals surface area contributed by atoms with Gasteiger partial charge in [-0.25, -0.2) is 0 Å². The van der Waals surface area contributed by atoms with Crippen molar-refractivity contribution >= 4 is 0 Å². The Hall–Kier alpha value is -1.02. The molecular weight excluding hydrogens is 188 g/mol. The molecule has 15 heavy (non-hydrogen) atoms. The number of rotatable bonds is 2. The number of hydrogen-bond donors (Lipinski definition) is 1. The van der Waals surface area contributed by atoms with Gasteiger partial charge < -0.3 is 9.84 Å². The van der Waals surface area contributed by atoms with Gasteiger partial charge in [0.2, 0.25) is 0 Å². The van der Waals surface area contributed by atoms with Crippen LogP contribution in [0.1, 0.15) is 31.7 Å². The Balaban J connectivity index is 2.43. The average molecular weight is 206 g/mol. The summed E-state index contributed by atoms with van der Waals surface area (Å²) < 4.78 is 5.31. The largest absolute Gasteiger partial charge is 0.496 e. The Bertz CT molecular complexity index is 348. The molecule has 2 heteroatoms. The number of aliphatic hydroxyl groups is 1. The molecule has 1 aromatic rings. The highest BCUT2D eigenvalue weighted by Gasteiger charge is 2.41. The molecule has 1 saturated carbocycles. The van der Waals surface area contributed by atoms with Crippen molar-refractivity contribution in [3.63, 3.8) is 0 Å². The fourth-order valence-electron chi connectivity index (χ4n) is 2.57. The van der Waals surface area contributed by atoms with E-state index in [4.69, 9.17) is 4.74 Å². The molecule has 0 heterocycles. The third-order valence-electron chi connectivity index (χ3n) is 3.58. The van der Waals surface area contributed by atoms with Gasteiger partial charge >= 0.3 is 0 Å². The van der Waals surface area contributed by atoms with Crippen LogP contribution >= 0.6 is 0 Å². The molecule has 0 aliphatic heterocycles. The third kappa shape index (κ3) is 1.63. The molecule has 0 saturated heterocycles. The van der Waals surface area contributed by atoms with Crippen molar-refractivity contribution < 1.29 is 9.84 Å². The van der Waals surface area contributed by atoms with Crippen LogP contribution in [0.4, 0.5) is 0 Å². The van der Waals surface area contributed by atoms with Crippen molar-refractivity contribution in [3.8, 4) is 5.75 Å². The Kier molecular flexibility index (Phi) is 2.70. The second-order valence-electron chi connectivity index (χ2n) is 4.42. The molecule has 0 unspecified atom stereocenters. The highest BCUT2D eigenvalue weighted by atomic mass is 16.5. The minimum atomic E-state index is -0.688. The first-order valence-electron chi connectivity index (χ1n) is 5.54. The normalized spacial score (nSPS) is 30.5. The Morgan fingerprint density at radius 3 is 2.73 bits per heavy atom. The Morgan fingerprint density at radius 1 is 1.40 bits per heavy atom. The van der Waals surface area contributed by atoms with E-state index in [-0.39, 0.29) is 0 Å². The SMILES string of the molecule is COc1ccccc1[C@]1(O)CCC[C@@H]1C. The van der Waals surface area contributed by atoms with E-state index in [0.29, 0.717) is 5.92 Å². The number of ether oxygens (including phenoxy) is 1. The third-order valence-corrected chi connectivity index (χ3v) is 3.58. The molecule has 0 aromatic heterocycles. The highest BCUT2D eigenvalue weighted by molar-refractivity contribution is 5.38. The van der Waals surface area contributed by atoms with Gasteiger partial charge in [0.1, 0.15) is 5.75 Å². The Morgan fingerprint density at radius 2 is 2.13 bits per heavy atom. The van der Waals surface area contributed by atoms with Gasteiger partial charge in [-0.2, -0.15) is 0 Å². The van der Waals surface area contributed by atoms with E-state index < -0.39 is 5.60 Å². The lowest BCUT2D eigenvalue weighted by molar-refractivity contribution is 0.00242. The van der Waals surface area contributed by atoms with E-state index in [0.717, 1.165) is 30.6 Å². The van der Waals surface area contributed by atoms with Crippen LogP contribution < -0.4 is 4.74 Å². The fraction of sp³-hybridized carbons (Fsp3) is 0.538. The van der Waals surface area contributed by atoms with E-state index in [1.54, 1.807) is 7.11 Å². The first-order valence-corrected chi connectivity index (χ1v) is 5.54. The zero-order chi connectivity index (χ0) is 10.9. The van der Waals surface area contributed by atoms with Crippen molar-refractivity contribution in [2.24, 2.45) is 5.92 Å². The predicted molar refractivity (Wildman–Crippen MR) is 59.9 cm³/mol. The molecule has 1 N–H and O–H groups in total. The number of methoxy groups -OCH3 is 1. The van der Waals surface area contributed by atoms with Gasteiger partial charge in [-0.15, -0.1) is 0 Å². The van der Waals surface area contributed by atoms with Crippen LogP contribution in [-0.4, -0.2) is 12.2 Å². The topological polar surface area (TPSA) is 29.5 Å². The van der Waals surface area contributed by atoms with Gasteiger partial charge in [-0.05, 0) is 31.2 Å². The lowest BCUT2D eigenvalue weighted by Crippen LogP contribution is -2.28. The fourth-order valence-corrected chi connectivity index (χ4v) is 2.57. The molecule has 2 atom stereocenters. The summed E-state index contributed by atoms with van der Waals surface area (Å²) >= 11 is 0. The van der Waals surface area contributed by atoms with Crippen molar-refractivity contribution in [1.82, 2.24) is 0 Å². The lowest BCUT2D eigenvalue weighted by Gasteiger charge is -2.29. The molecule has 0 spiro atoms. The smallest absolute Gasteiger partial charge is 0.124 e. The monoisotopic (exact) mass is 206 g/mol. The van der Waals surface area contributed by atoms with Crippen LogP contribution in [0.15, 0.2) is 24.3 Å². The van der Waals surface area contributed by atoms with Crippen LogP contribution in [0.3, 0.4) is 0 Å². The molecule has 82 valence electrons. The summed E-state index contributed by atoms with van der Waals surface area (Å²) in [7, 11) is 1.65. The van der Waals surface area contributed by atoms with E-state index in [1.165, 1.54) is 0 Å². The standard InChI is InChI=1S/C13H18O2/c1-10-6-5-9-13(10,14)11-7-3-4-8-12(11)15-2/h3-4,7-8,10,14H,5-6,9H2,1-2H3/t10-,13-/m0/s1. The molecule has 0 amide bonds. The van der Waals surface area contributed by atoms with Gasteiger partial charge in [-0.1, -0.05) is 25.1 Å². The minimum absolute atomic E-state index is 0.314. The Labute approximate surface area is 90.9 Å². The van der Waals surface area contributed by atoms with Crippen LogP contribution in [0.2, 0.25) is 0 Å². The van der Waals surface area contributed by atoms with Crippen LogP contribution in [0.5, 0.6) is 5.75 Å². The van der Waals surface area contributed by atoms with Crippen molar-refractivity contribution in [1.29, 1.82) is 0 Å². The number of hydrogen-bond acceptors (Lipinski definition) is 2. The quantitative estimate of drug-likeness (QED) is 0.806. The van der Waals surface area contributed by atoms with E-state index in [9.17, 15) is 5.11 Å². The van der Waals surface area contributed by atoms with Crippen LogP contribution in [0, 0.1) is 5.92 Å². The van der Waals surface area contributed by atoms with Crippen LogP contribution in [0.25, 0.3) is 0 Å². The number of benzene rings is 1. The summed E-state index contributed by atoms with van der Waals surface area (Å²) in [6.07, 6.45) is 3.03. The van der Waals surface area contributed by atoms with Crippen molar-refractivity contribution in [3.05, 3.63) is 29.8 Å². The predicted octanol–water partition coefficient (Wildman–Crippen LogP) is 2.70. The van der Waals surface area contributed by atoms with E-state index >= 15 is 0 Å². The maximum absolute atomic E-state index is 10.7. The first kappa shape index (κ1) is 10.5. The van der Waals surface area contributed by atoms with E-state index in [2.05, 4.69) is 6.92 Å². The molecule has 2 rings (SSSR count). The first-order chi connectivity index (χ1) is 7.18. The summed E-state index contributed by atoms with van der Waals surface area (Å²) in [6, 6.07) is 7.78. The zero-order valence-electron chi connectivity index (χ0n) is 9.36. The molecule has 1 aliphatic carbocycles. The van der Waals surface area contributed by atoms with Gasteiger partial charge in [-0.3, -0.25) is 0 Å². The maximum Gasteiger partial charge on any atom is 0.124 e. The van der Waals surface area contributed by atoms with Gasteiger partial charge in [0.15, 0.2) is 0 Å². The molecule has 0 bridgehead atoms. The molecule has 1 fully saturated rings. The summed E-state index contributed by atoms with van der Waals surface area (Å²) in [5, 5.41) is 10.7. The molecule has 2 nitrogen and oxygen atoms in total. The molecular formula is C13H18O2. The van der Waals surface area contributed by atoms with Gasteiger partial charge in [0.05, 0.1) is 12.7 Å². The second-order valence-corrected chi connectivity index (χ2v) is 4.42. The molecule has 1 aromatic carbocycles. The van der Waals surface area contributed by atoms with Crippen molar-refractivity contribution in [2.45, 2.75) is 31.8 Å². The van der Waals surface area contributed by atoms with E-state index in [1.807, 2.05) is 24.3 Å². The highest BCUT2D eigenvalue weighted by Crippen LogP contribution is 2.46. The molecule has 1 aliphatic rings. The second kappa shape index (κ2) is 3.86. The minimum Gasteiger partial charge on any atom is -0.496 e. The van der Waals surface area contributed by atoms with Gasteiger partial charge in [0.25, 0.3) is 0 Å². The summed E-state index contributed by atoms with van der Waals surface area (Å²) in [5.41, 5.74) is 0.254. The van der Waals surface area contributed by atoms with Crippen molar-refractivity contribution in [2.75, 3.05) is 7.11 Å². The lowest BCUT2D eigenvalue weighted by atomic mass is 9.84. The van der Waals surface area contributed by atoms with Gasteiger partial charge in [0, 0.05) is 5.56 Å². The molecule has 0 radical (unpaired) electrons. The van der Waals surface area contributed by atoms with Crippen LogP contribution in [-0.2, 0) is 5.60 Å². The maximum atomic E-state index is 10.7. The zero-order valence-corrected chi connectivity index (χ0v) is 9.36. The summed E-state index contributed by atoms with van der Waals surface area (Å²) in [5.74, 6) is 1.11. The summed E-state index contributed by atoms with van der Waals surface area (Å²) in [6.45, 7) is 2.11. The average Bonchev–Trinajstić information content (AvgIpc) is 2.60. The summed E-state index contributed by atoms with van der Waals surface area (Å²) in [4.78, 5) is 0.